The topological polar surface area (TPSA) is 117 Å². The summed E-state index contributed by atoms with van der Waals surface area (Å²) in [6.45, 7) is 2.22. The molecule has 1 saturated heterocycles. The highest BCUT2D eigenvalue weighted by Crippen LogP contribution is 2.26. The van der Waals surface area contributed by atoms with Crippen LogP contribution in [0.25, 0.3) is 0 Å². The smallest absolute Gasteiger partial charge is 0.340 e. The van der Waals surface area contributed by atoms with Gasteiger partial charge in [0.2, 0.25) is 10.0 Å². The van der Waals surface area contributed by atoms with E-state index >= 15 is 0 Å². The van der Waals surface area contributed by atoms with Crippen molar-refractivity contribution in [3.8, 4) is 6.07 Å². The molecule has 0 aliphatic carbocycles. The highest BCUT2D eigenvalue weighted by molar-refractivity contribution is 7.89. The van der Waals surface area contributed by atoms with Crippen LogP contribution in [0.3, 0.4) is 0 Å². The zero-order valence-electron chi connectivity index (χ0n) is 16.6. The van der Waals surface area contributed by atoms with E-state index in [9.17, 15) is 18.0 Å². The quantitative estimate of drug-likeness (QED) is 0.629. The minimum absolute atomic E-state index is 0.0141. The highest BCUT2D eigenvalue weighted by Gasteiger charge is 2.28. The number of thiophene rings is 1. The number of sulfonamides is 1. The monoisotopic (exact) mass is 481 g/mol. The zero-order valence-corrected chi connectivity index (χ0v) is 19.0. The predicted molar refractivity (Wildman–Crippen MR) is 117 cm³/mol. The molecular formula is C20H20ClN3O5S2. The van der Waals surface area contributed by atoms with Crippen LogP contribution in [0.15, 0.2) is 34.5 Å². The van der Waals surface area contributed by atoms with Crippen molar-refractivity contribution in [1.29, 1.82) is 5.26 Å². The Labute approximate surface area is 189 Å². The van der Waals surface area contributed by atoms with Crippen LogP contribution in [0.1, 0.15) is 42.1 Å². The average Bonchev–Trinajstić information content (AvgIpc) is 3.21. The van der Waals surface area contributed by atoms with Gasteiger partial charge >= 0.3 is 5.97 Å². The third kappa shape index (κ3) is 5.25. The Balaban J connectivity index is 1.74. The largest absolute Gasteiger partial charge is 0.449 e. The number of benzene rings is 1. The van der Waals surface area contributed by atoms with Crippen molar-refractivity contribution in [2.45, 2.75) is 37.2 Å². The number of nitrogens with one attached hydrogen (secondary N) is 1. The zero-order chi connectivity index (χ0) is 22.6. The number of nitrogens with zero attached hydrogens (tertiary/aromatic N) is 2. The number of nitriles is 1. The van der Waals surface area contributed by atoms with Crippen LogP contribution in [0.5, 0.6) is 0 Å². The van der Waals surface area contributed by atoms with Crippen LogP contribution in [-0.2, 0) is 19.6 Å². The molecule has 2 heterocycles. The summed E-state index contributed by atoms with van der Waals surface area (Å²) >= 11 is 7.27. The van der Waals surface area contributed by atoms with E-state index in [0.717, 1.165) is 19.3 Å². The summed E-state index contributed by atoms with van der Waals surface area (Å²) < 4.78 is 32.3. The Morgan fingerprint density at radius 1 is 1.26 bits per heavy atom. The summed E-state index contributed by atoms with van der Waals surface area (Å²) in [6, 6.07) is 7.35. The minimum Gasteiger partial charge on any atom is -0.449 e. The van der Waals surface area contributed by atoms with Gasteiger partial charge in [0.15, 0.2) is 6.10 Å². The Kier molecular flexibility index (Phi) is 7.33. The van der Waals surface area contributed by atoms with Gasteiger partial charge in [-0.25, -0.2) is 13.2 Å². The van der Waals surface area contributed by atoms with Gasteiger partial charge in [0.25, 0.3) is 5.91 Å². The number of piperidine rings is 1. The van der Waals surface area contributed by atoms with Crippen molar-refractivity contribution >= 4 is 49.8 Å². The number of carbonyl (C=O) groups excluding carboxylic acids is 2. The molecule has 11 heteroatoms. The van der Waals surface area contributed by atoms with Crippen molar-refractivity contribution in [3.05, 3.63) is 45.8 Å². The summed E-state index contributed by atoms with van der Waals surface area (Å²) in [4.78, 5) is 24.9. The molecule has 0 radical (unpaired) electrons. The first-order chi connectivity index (χ1) is 14.7. The third-order valence-electron chi connectivity index (χ3n) is 4.79. The van der Waals surface area contributed by atoms with Gasteiger partial charge in [-0.1, -0.05) is 18.0 Å². The van der Waals surface area contributed by atoms with Crippen LogP contribution < -0.4 is 5.32 Å². The second-order valence-electron chi connectivity index (χ2n) is 6.92. The van der Waals surface area contributed by atoms with Gasteiger partial charge in [-0.15, -0.1) is 11.3 Å². The number of hydrogen-bond donors (Lipinski definition) is 1. The standard InChI is InChI=1S/C20H20ClN3O5S2/c1-13(18(25)23-19-14(12-22)7-10-30-19)29-20(26)16-11-15(5-6-17(16)21)31(27,28)24-8-3-2-4-9-24/h5-7,10-11,13H,2-4,8-9H2,1H3,(H,23,25)/t13-/m1/s1. The summed E-state index contributed by atoms with van der Waals surface area (Å²) in [5.74, 6) is -1.55. The van der Waals surface area contributed by atoms with Gasteiger partial charge in [-0.05, 0) is 49.4 Å². The van der Waals surface area contributed by atoms with Crippen LogP contribution >= 0.6 is 22.9 Å². The fourth-order valence-electron chi connectivity index (χ4n) is 3.06. The van der Waals surface area contributed by atoms with E-state index in [1.165, 1.54) is 40.8 Å². The van der Waals surface area contributed by atoms with Gasteiger partial charge < -0.3 is 10.1 Å². The number of hydrogen-bond acceptors (Lipinski definition) is 7. The summed E-state index contributed by atoms with van der Waals surface area (Å²) in [6.07, 6.45) is 1.35. The van der Waals surface area contributed by atoms with Crippen LogP contribution in [0.4, 0.5) is 5.00 Å². The Morgan fingerprint density at radius 3 is 2.65 bits per heavy atom. The molecule has 0 bridgehead atoms. The molecule has 1 fully saturated rings. The number of carbonyl (C=O) groups is 2. The van der Waals surface area contributed by atoms with Crippen molar-refractivity contribution in [1.82, 2.24) is 4.31 Å². The van der Waals surface area contributed by atoms with Crippen LogP contribution in [-0.4, -0.2) is 43.8 Å². The molecule has 1 amide bonds. The van der Waals surface area contributed by atoms with E-state index in [1.807, 2.05) is 6.07 Å². The fourth-order valence-corrected chi connectivity index (χ4v) is 5.54. The number of halogens is 1. The van der Waals surface area contributed by atoms with E-state index in [2.05, 4.69) is 5.32 Å². The molecule has 8 nitrogen and oxygen atoms in total. The molecule has 3 rings (SSSR count). The Hall–Kier alpha value is -2.45. The lowest BCUT2D eigenvalue weighted by Gasteiger charge is -2.26. The lowest BCUT2D eigenvalue weighted by atomic mass is 10.2. The SMILES string of the molecule is C[C@@H](OC(=O)c1cc(S(=O)(=O)N2CCCCC2)ccc1Cl)C(=O)Nc1sccc1C#N. The molecule has 164 valence electrons. The molecule has 2 aromatic rings. The number of esters is 1. The normalized spacial score (nSPS) is 15.6. The predicted octanol–water partition coefficient (Wildman–Crippen LogP) is 3.63. The first-order valence-electron chi connectivity index (χ1n) is 9.53. The molecule has 0 spiro atoms. The molecule has 1 aromatic heterocycles. The van der Waals surface area contributed by atoms with Crippen LogP contribution in [0.2, 0.25) is 5.02 Å². The van der Waals surface area contributed by atoms with Crippen molar-refractivity contribution in [2.24, 2.45) is 0 Å². The molecule has 1 aliphatic rings. The molecule has 1 aromatic carbocycles. The molecule has 0 saturated carbocycles. The van der Waals surface area contributed by atoms with Crippen molar-refractivity contribution < 1.29 is 22.7 Å². The summed E-state index contributed by atoms with van der Waals surface area (Å²) in [5, 5.41) is 13.6. The first-order valence-corrected chi connectivity index (χ1v) is 12.2. The maximum absolute atomic E-state index is 12.9. The number of ether oxygens (including phenoxy) is 1. The second kappa shape index (κ2) is 9.78. The Morgan fingerprint density at radius 2 is 1.97 bits per heavy atom. The minimum atomic E-state index is -3.76. The number of rotatable bonds is 6. The molecule has 1 N–H and O–H groups in total. The molecule has 1 aliphatic heterocycles. The van der Waals surface area contributed by atoms with E-state index in [0.29, 0.717) is 23.7 Å². The molecule has 0 unspecified atom stereocenters. The van der Waals surface area contributed by atoms with Crippen LogP contribution in [0, 0.1) is 11.3 Å². The van der Waals surface area contributed by atoms with Crippen molar-refractivity contribution in [3.63, 3.8) is 0 Å². The summed E-state index contributed by atoms with van der Waals surface area (Å²) in [5.41, 5.74) is 0.156. The van der Waals surface area contributed by atoms with Gasteiger partial charge in [0.1, 0.15) is 11.1 Å². The molecule has 31 heavy (non-hydrogen) atoms. The van der Waals surface area contributed by atoms with Crippen molar-refractivity contribution in [2.75, 3.05) is 18.4 Å². The summed E-state index contributed by atoms with van der Waals surface area (Å²) in [7, 11) is -3.76. The van der Waals surface area contributed by atoms with Gasteiger partial charge in [0, 0.05) is 13.1 Å². The van der Waals surface area contributed by atoms with Gasteiger partial charge in [0.05, 0.1) is 21.0 Å². The molecular weight excluding hydrogens is 462 g/mol. The lowest BCUT2D eigenvalue weighted by Crippen LogP contribution is -2.35. The Bertz CT molecular complexity index is 1130. The van der Waals surface area contributed by atoms with E-state index in [-0.39, 0.29) is 15.5 Å². The average molecular weight is 482 g/mol. The third-order valence-corrected chi connectivity index (χ3v) is 7.84. The van der Waals surface area contributed by atoms with E-state index in [1.54, 1.807) is 11.4 Å². The highest BCUT2D eigenvalue weighted by atomic mass is 35.5. The van der Waals surface area contributed by atoms with Gasteiger partial charge in [-0.3, -0.25) is 4.79 Å². The van der Waals surface area contributed by atoms with E-state index in [4.69, 9.17) is 21.6 Å². The first kappa shape index (κ1) is 23.2. The van der Waals surface area contributed by atoms with E-state index < -0.39 is 28.0 Å². The number of amides is 1. The van der Waals surface area contributed by atoms with Gasteiger partial charge in [-0.2, -0.15) is 9.57 Å². The maximum atomic E-state index is 12.9. The molecule has 1 atom stereocenters. The fraction of sp³-hybridized carbons (Fsp3) is 0.350. The lowest BCUT2D eigenvalue weighted by molar-refractivity contribution is -0.123. The second-order valence-corrected chi connectivity index (χ2v) is 10.2. The number of anilines is 1. The maximum Gasteiger partial charge on any atom is 0.340 e.